The van der Waals surface area contributed by atoms with Crippen LogP contribution in [0.4, 0.5) is 5.69 Å². The number of furan rings is 1. The third kappa shape index (κ3) is 4.18. The molecule has 4 rings (SSSR count). The Hall–Kier alpha value is -3.58. The molecule has 7 nitrogen and oxygen atoms in total. The van der Waals surface area contributed by atoms with Crippen molar-refractivity contribution in [2.75, 3.05) is 11.9 Å². The van der Waals surface area contributed by atoms with Crippen molar-refractivity contribution in [3.8, 4) is 5.75 Å². The molecule has 0 saturated heterocycles. The van der Waals surface area contributed by atoms with Gasteiger partial charge in [-0.05, 0) is 55.0 Å². The van der Waals surface area contributed by atoms with Crippen LogP contribution in [0.25, 0.3) is 0 Å². The number of rotatable bonds is 7. The minimum atomic E-state index is -0.472. The highest BCUT2D eigenvalue weighted by molar-refractivity contribution is 6.31. The Bertz CT molecular complexity index is 1160. The lowest BCUT2D eigenvalue weighted by Gasteiger charge is -2.13. The highest BCUT2D eigenvalue weighted by atomic mass is 35.5. The summed E-state index contributed by atoms with van der Waals surface area (Å²) in [4.78, 5) is 39.3. The molecule has 0 radical (unpaired) electrons. The average molecular weight is 439 g/mol. The van der Waals surface area contributed by atoms with Gasteiger partial charge in [-0.3, -0.25) is 19.3 Å². The number of ether oxygens (including phenoxy) is 1. The lowest BCUT2D eigenvalue weighted by molar-refractivity contribution is 0.0631. The number of anilines is 1. The molecule has 1 N–H and O–H groups in total. The van der Waals surface area contributed by atoms with Gasteiger partial charge in [0, 0.05) is 10.6 Å². The molecule has 0 fully saturated rings. The van der Waals surface area contributed by atoms with Crippen LogP contribution in [-0.4, -0.2) is 29.2 Å². The second kappa shape index (κ2) is 8.65. The molecule has 31 heavy (non-hydrogen) atoms. The van der Waals surface area contributed by atoms with Crippen LogP contribution >= 0.6 is 11.6 Å². The zero-order chi connectivity index (χ0) is 22.0. The van der Waals surface area contributed by atoms with Crippen LogP contribution in [-0.2, 0) is 6.54 Å². The number of nitrogens with one attached hydrogen (secondary N) is 1. The van der Waals surface area contributed by atoms with E-state index < -0.39 is 17.7 Å². The Kier molecular flexibility index (Phi) is 5.77. The molecule has 0 bridgehead atoms. The van der Waals surface area contributed by atoms with Crippen molar-refractivity contribution in [2.45, 2.75) is 19.9 Å². The molecule has 1 aromatic heterocycles. The van der Waals surface area contributed by atoms with E-state index in [4.69, 9.17) is 20.8 Å². The van der Waals surface area contributed by atoms with Crippen LogP contribution in [0.3, 0.4) is 0 Å². The van der Waals surface area contributed by atoms with Crippen LogP contribution < -0.4 is 10.1 Å². The molecule has 0 unspecified atom stereocenters. The van der Waals surface area contributed by atoms with Crippen LogP contribution in [0.15, 0.2) is 59.2 Å². The molecule has 0 aliphatic carbocycles. The lowest BCUT2D eigenvalue weighted by atomic mass is 10.1. The van der Waals surface area contributed by atoms with Crippen LogP contribution in [0.1, 0.15) is 50.2 Å². The third-order valence-corrected chi connectivity index (χ3v) is 5.01. The Labute approximate surface area is 183 Å². The molecule has 0 spiro atoms. The van der Waals surface area contributed by atoms with Gasteiger partial charge in [-0.25, -0.2) is 0 Å². The highest BCUT2D eigenvalue weighted by Crippen LogP contribution is 2.30. The fourth-order valence-electron chi connectivity index (χ4n) is 3.27. The van der Waals surface area contributed by atoms with E-state index >= 15 is 0 Å². The quantitative estimate of drug-likeness (QED) is 0.537. The molecule has 3 amide bonds. The second-order valence-corrected chi connectivity index (χ2v) is 7.42. The normalized spacial score (nSPS) is 12.8. The number of benzene rings is 2. The van der Waals surface area contributed by atoms with E-state index in [0.717, 1.165) is 11.3 Å². The van der Waals surface area contributed by atoms with Gasteiger partial charge in [0.25, 0.3) is 17.7 Å². The zero-order valence-electron chi connectivity index (χ0n) is 16.7. The molecule has 8 heteroatoms. The van der Waals surface area contributed by atoms with E-state index in [1.54, 1.807) is 30.3 Å². The van der Waals surface area contributed by atoms with Crippen molar-refractivity contribution >= 4 is 35.0 Å². The van der Waals surface area contributed by atoms with E-state index in [2.05, 4.69) is 5.32 Å². The first-order chi connectivity index (χ1) is 15.0. The second-order valence-electron chi connectivity index (χ2n) is 6.98. The molecular weight excluding hydrogens is 420 g/mol. The Morgan fingerprint density at radius 3 is 2.65 bits per heavy atom. The van der Waals surface area contributed by atoms with E-state index in [0.29, 0.717) is 28.8 Å². The molecule has 3 aromatic rings. The minimum absolute atomic E-state index is 0.0293. The number of carbonyl (C=O) groups excluding carboxylic acids is 3. The molecule has 2 heterocycles. The number of halogens is 1. The van der Waals surface area contributed by atoms with Gasteiger partial charge < -0.3 is 14.5 Å². The summed E-state index contributed by atoms with van der Waals surface area (Å²) in [5.74, 6) is -0.352. The van der Waals surface area contributed by atoms with Crippen molar-refractivity contribution in [1.29, 1.82) is 0 Å². The van der Waals surface area contributed by atoms with E-state index in [-0.39, 0.29) is 23.2 Å². The van der Waals surface area contributed by atoms with Gasteiger partial charge in [0.2, 0.25) is 0 Å². The molecule has 2 aromatic carbocycles. The maximum atomic E-state index is 12.8. The molecule has 0 atom stereocenters. The predicted octanol–water partition coefficient (Wildman–Crippen LogP) is 4.77. The standard InChI is InChI=1S/C23H19ClN2O5/c1-2-9-31-20-8-6-15(24)12-19(20)25-21(27)14-5-7-17-18(11-14)23(29)26(22(17)28)13-16-4-3-10-30-16/h3-8,10-12H,2,9,13H2,1H3,(H,25,27). The van der Waals surface area contributed by atoms with Crippen LogP contribution in [0.2, 0.25) is 5.02 Å². The Morgan fingerprint density at radius 2 is 1.90 bits per heavy atom. The summed E-state index contributed by atoms with van der Waals surface area (Å²) in [6, 6.07) is 12.7. The maximum Gasteiger partial charge on any atom is 0.261 e. The molecule has 0 saturated carbocycles. The smallest absolute Gasteiger partial charge is 0.261 e. The molecule has 158 valence electrons. The van der Waals surface area contributed by atoms with Crippen LogP contribution in [0, 0.1) is 0 Å². The first kappa shape index (κ1) is 20.7. The van der Waals surface area contributed by atoms with Gasteiger partial charge in [0.15, 0.2) is 0 Å². The predicted molar refractivity (Wildman–Crippen MR) is 115 cm³/mol. The van der Waals surface area contributed by atoms with Crippen molar-refractivity contribution in [3.63, 3.8) is 0 Å². The summed E-state index contributed by atoms with van der Waals surface area (Å²) < 4.78 is 10.9. The van der Waals surface area contributed by atoms with Crippen molar-refractivity contribution in [2.24, 2.45) is 0 Å². The summed E-state index contributed by atoms with van der Waals surface area (Å²) in [5.41, 5.74) is 1.09. The van der Waals surface area contributed by atoms with E-state index in [1.165, 1.54) is 24.5 Å². The Morgan fingerprint density at radius 1 is 1.10 bits per heavy atom. The van der Waals surface area contributed by atoms with Gasteiger partial charge in [-0.15, -0.1) is 0 Å². The highest BCUT2D eigenvalue weighted by Gasteiger charge is 2.36. The molecular formula is C23H19ClN2O5. The van der Waals surface area contributed by atoms with Crippen LogP contribution in [0.5, 0.6) is 5.75 Å². The number of hydrogen-bond acceptors (Lipinski definition) is 5. The minimum Gasteiger partial charge on any atom is -0.491 e. The van der Waals surface area contributed by atoms with Gasteiger partial charge >= 0.3 is 0 Å². The maximum absolute atomic E-state index is 12.8. The fraction of sp³-hybridized carbons (Fsp3) is 0.174. The summed E-state index contributed by atoms with van der Waals surface area (Å²) in [6.45, 7) is 2.50. The Balaban J connectivity index is 1.56. The third-order valence-electron chi connectivity index (χ3n) is 4.78. The van der Waals surface area contributed by atoms with Gasteiger partial charge in [0.1, 0.15) is 11.5 Å². The number of nitrogens with zero attached hydrogens (tertiary/aromatic N) is 1. The molecule has 1 aliphatic heterocycles. The SMILES string of the molecule is CCCOc1ccc(Cl)cc1NC(=O)c1ccc2c(c1)C(=O)N(Cc1ccco1)C2=O. The van der Waals surface area contributed by atoms with Crippen molar-refractivity contribution < 1.29 is 23.5 Å². The number of carbonyl (C=O) groups is 3. The average Bonchev–Trinajstić information content (AvgIpc) is 3.36. The first-order valence-electron chi connectivity index (χ1n) is 9.74. The van der Waals surface area contributed by atoms with Gasteiger partial charge in [-0.2, -0.15) is 0 Å². The zero-order valence-corrected chi connectivity index (χ0v) is 17.4. The molecule has 1 aliphatic rings. The number of amides is 3. The number of hydrogen-bond donors (Lipinski definition) is 1. The first-order valence-corrected chi connectivity index (χ1v) is 10.1. The topological polar surface area (TPSA) is 88.8 Å². The van der Waals surface area contributed by atoms with E-state index in [9.17, 15) is 14.4 Å². The largest absolute Gasteiger partial charge is 0.491 e. The lowest BCUT2D eigenvalue weighted by Crippen LogP contribution is -2.28. The van der Waals surface area contributed by atoms with E-state index in [1.807, 2.05) is 6.92 Å². The number of fused-ring (bicyclic) bond motifs is 1. The fourth-order valence-corrected chi connectivity index (χ4v) is 3.44. The monoisotopic (exact) mass is 438 g/mol. The summed E-state index contributed by atoms with van der Waals surface area (Å²) in [7, 11) is 0. The number of imide groups is 1. The summed E-state index contributed by atoms with van der Waals surface area (Å²) in [5, 5.41) is 3.21. The van der Waals surface area contributed by atoms with Crippen molar-refractivity contribution in [3.05, 3.63) is 82.3 Å². The van der Waals surface area contributed by atoms with Gasteiger partial charge in [0.05, 0.1) is 36.2 Å². The van der Waals surface area contributed by atoms with Gasteiger partial charge in [-0.1, -0.05) is 18.5 Å². The summed E-state index contributed by atoms with van der Waals surface area (Å²) >= 11 is 6.06. The summed E-state index contributed by atoms with van der Waals surface area (Å²) in [6.07, 6.45) is 2.29. The van der Waals surface area contributed by atoms with Crippen molar-refractivity contribution in [1.82, 2.24) is 4.90 Å².